The molecule has 0 N–H and O–H groups in total. The van der Waals surface area contributed by atoms with E-state index in [4.69, 9.17) is 23.2 Å². The third-order valence-corrected chi connectivity index (χ3v) is 3.72. The Kier molecular flexibility index (Phi) is 2.77. The highest BCUT2D eigenvalue weighted by molar-refractivity contribution is 7.90. The number of sulfone groups is 1. The Morgan fingerprint density at radius 3 is 2.19 bits per heavy atom. The number of nitrogens with zero attached hydrogens (tertiary/aromatic N) is 2. The zero-order valence-corrected chi connectivity index (χ0v) is 10.4. The van der Waals surface area contributed by atoms with Crippen molar-refractivity contribution in [3.63, 3.8) is 0 Å². The van der Waals surface area contributed by atoms with Gasteiger partial charge in [-0.2, -0.15) is 0 Å². The van der Waals surface area contributed by atoms with Gasteiger partial charge in [0.2, 0.25) is 0 Å². The number of rotatable bonds is 1. The summed E-state index contributed by atoms with van der Waals surface area (Å²) < 4.78 is 22.6. The molecule has 0 spiro atoms. The highest BCUT2D eigenvalue weighted by Gasteiger charge is 2.10. The van der Waals surface area contributed by atoms with Crippen LogP contribution in [0.15, 0.2) is 23.1 Å². The second-order valence-corrected chi connectivity index (χ2v) is 5.96. The van der Waals surface area contributed by atoms with Crippen molar-refractivity contribution in [2.75, 3.05) is 6.26 Å². The molecule has 7 heteroatoms. The zero-order chi connectivity index (χ0) is 11.9. The van der Waals surface area contributed by atoms with Crippen LogP contribution >= 0.6 is 23.2 Å². The topological polar surface area (TPSA) is 59.9 Å². The minimum absolute atomic E-state index is 0.0554. The number of halogens is 2. The largest absolute Gasteiger partial charge is 0.231 e. The fraction of sp³-hybridized carbons (Fsp3) is 0.111. The monoisotopic (exact) mass is 276 g/mol. The SMILES string of the molecule is CS(=O)(=O)c1ccc2nc(Cl)c(Cl)nc2c1. The van der Waals surface area contributed by atoms with Crippen LogP contribution < -0.4 is 0 Å². The van der Waals surface area contributed by atoms with Crippen LogP contribution in [-0.4, -0.2) is 24.6 Å². The molecule has 1 heterocycles. The van der Waals surface area contributed by atoms with Gasteiger partial charge in [0.15, 0.2) is 20.1 Å². The molecular weight excluding hydrogens is 271 g/mol. The van der Waals surface area contributed by atoms with Crippen molar-refractivity contribution < 1.29 is 8.42 Å². The van der Waals surface area contributed by atoms with Crippen molar-refractivity contribution in [3.05, 3.63) is 28.5 Å². The summed E-state index contributed by atoms with van der Waals surface area (Å²) in [6.07, 6.45) is 1.12. The van der Waals surface area contributed by atoms with Gasteiger partial charge in [-0.15, -0.1) is 0 Å². The van der Waals surface area contributed by atoms with Crippen LogP contribution in [0.5, 0.6) is 0 Å². The predicted octanol–water partition coefficient (Wildman–Crippen LogP) is 2.34. The summed E-state index contributed by atoms with van der Waals surface area (Å²) in [5, 5.41) is 0.154. The Morgan fingerprint density at radius 1 is 1.06 bits per heavy atom. The van der Waals surface area contributed by atoms with Crippen LogP contribution in [0.4, 0.5) is 0 Å². The lowest BCUT2D eigenvalue weighted by atomic mass is 10.3. The van der Waals surface area contributed by atoms with Crippen molar-refractivity contribution >= 4 is 44.1 Å². The lowest BCUT2D eigenvalue weighted by molar-refractivity contribution is 0.602. The molecule has 4 nitrogen and oxygen atoms in total. The molecule has 0 aliphatic carbocycles. The minimum atomic E-state index is -3.26. The maximum absolute atomic E-state index is 11.3. The summed E-state index contributed by atoms with van der Waals surface area (Å²) in [6, 6.07) is 4.41. The first-order chi connectivity index (χ1) is 7.38. The van der Waals surface area contributed by atoms with E-state index in [1.165, 1.54) is 12.1 Å². The van der Waals surface area contributed by atoms with Crippen LogP contribution in [0, 0.1) is 0 Å². The molecule has 1 aromatic heterocycles. The third-order valence-electron chi connectivity index (χ3n) is 1.98. The molecule has 0 bridgehead atoms. The quantitative estimate of drug-likeness (QED) is 0.802. The summed E-state index contributed by atoms with van der Waals surface area (Å²) in [5.41, 5.74) is 0.902. The van der Waals surface area contributed by atoms with Crippen molar-refractivity contribution in [2.45, 2.75) is 4.90 Å². The zero-order valence-electron chi connectivity index (χ0n) is 8.11. The number of hydrogen-bond donors (Lipinski definition) is 0. The highest BCUT2D eigenvalue weighted by Crippen LogP contribution is 2.22. The maximum Gasteiger partial charge on any atom is 0.175 e. The second kappa shape index (κ2) is 3.84. The van der Waals surface area contributed by atoms with E-state index in [1.54, 1.807) is 6.07 Å². The molecule has 0 radical (unpaired) electrons. The van der Waals surface area contributed by atoms with E-state index >= 15 is 0 Å². The Balaban J connectivity index is 2.77. The molecule has 0 saturated carbocycles. The molecule has 0 aliphatic rings. The van der Waals surface area contributed by atoms with Gasteiger partial charge in [-0.05, 0) is 18.2 Å². The summed E-state index contributed by atoms with van der Waals surface area (Å²) in [7, 11) is -3.26. The predicted molar refractivity (Wildman–Crippen MR) is 62.7 cm³/mol. The van der Waals surface area contributed by atoms with Gasteiger partial charge in [-0.3, -0.25) is 0 Å². The van der Waals surface area contributed by atoms with Crippen LogP contribution in [0.3, 0.4) is 0 Å². The summed E-state index contributed by atoms with van der Waals surface area (Å²) in [4.78, 5) is 8.10. The first kappa shape index (κ1) is 11.6. The lowest BCUT2D eigenvalue weighted by Crippen LogP contribution is -1.97. The summed E-state index contributed by atoms with van der Waals surface area (Å²) in [5.74, 6) is 0. The Labute approximate surface area is 102 Å². The molecular formula is C9H6Cl2N2O2S. The summed E-state index contributed by atoms with van der Waals surface area (Å²) >= 11 is 11.4. The second-order valence-electron chi connectivity index (χ2n) is 3.23. The average Bonchev–Trinajstić information content (AvgIpc) is 2.17. The van der Waals surface area contributed by atoms with Crippen molar-refractivity contribution in [1.29, 1.82) is 0 Å². The molecule has 0 atom stereocenters. The molecule has 2 aromatic rings. The van der Waals surface area contributed by atoms with Gasteiger partial charge in [-0.1, -0.05) is 23.2 Å². The Hall–Kier alpha value is -0.910. The van der Waals surface area contributed by atoms with Crippen LogP contribution in [0.1, 0.15) is 0 Å². The van der Waals surface area contributed by atoms with E-state index in [2.05, 4.69) is 9.97 Å². The van der Waals surface area contributed by atoms with Crippen LogP contribution in [0.25, 0.3) is 11.0 Å². The number of benzene rings is 1. The van der Waals surface area contributed by atoms with E-state index in [9.17, 15) is 8.42 Å². The maximum atomic E-state index is 11.3. The van der Waals surface area contributed by atoms with Crippen molar-refractivity contribution in [2.24, 2.45) is 0 Å². The third kappa shape index (κ3) is 2.11. The molecule has 16 heavy (non-hydrogen) atoms. The van der Waals surface area contributed by atoms with E-state index in [0.717, 1.165) is 6.26 Å². The lowest BCUT2D eigenvalue weighted by Gasteiger charge is -2.02. The first-order valence-electron chi connectivity index (χ1n) is 4.21. The van der Waals surface area contributed by atoms with E-state index in [0.29, 0.717) is 11.0 Å². The van der Waals surface area contributed by atoms with E-state index in [1.807, 2.05) is 0 Å². The molecule has 84 valence electrons. The fourth-order valence-corrected chi connectivity index (χ4v) is 2.13. The Morgan fingerprint density at radius 2 is 1.62 bits per heavy atom. The van der Waals surface area contributed by atoms with Gasteiger partial charge < -0.3 is 0 Å². The number of aromatic nitrogens is 2. The number of fused-ring (bicyclic) bond motifs is 1. The molecule has 0 amide bonds. The molecule has 2 rings (SSSR count). The fourth-order valence-electron chi connectivity index (χ4n) is 1.22. The minimum Gasteiger partial charge on any atom is -0.231 e. The van der Waals surface area contributed by atoms with Crippen molar-refractivity contribution in [3.8, 4) is 0 Å². The van der Waals surface area contributed by atoms with Gasteiger partial charge in [-0.25, -0.2) is 18.4 Å². The molecule has 0 unspecified atom stereocenters. The summed E-state index contributed by atoms with van der Waals surface area (Å²) in [6.45, 7) is 0. The van der Waals surface area contributed by atoms with Crippen LogP contribution in [-0.2, 0) is 9.84 Å². The molecule has 1 aromatic carbocycles. The van der Waals surface area contributed by atoms with Gasteiger partial charge in [0.1, 0.15) is 0 Å². The highest BCUT2D eigenvalue weighted by atomic mass is 35.5. The molecule has 0 saturated heterocycles. The number of hydrogen-bond acceptors (Lipinski definition) is 4. The first-order valence-corrected chi connectivity index (χ1v) is 6.85. The van der Waals surface area contributed by atoms with Gasteiger partial charge in [0, 0.05) is 6.26 Å². The molecule has 0 aliphatic heterocycles. The Bertz CT molecular complexity index is 671. The smallest absolute Gasteiger partial charge is 0.175 e. The standard InChI is InChI=1S/C9H6Cl2N2O2S/c1-16(14,15)5-2-3-6-7(4-5)13-9(11)8(10)12-6/h2-4H,1H3. The van der Waals surface area contributed by atoms with Crippen molar-refractivity contribution in [1.82, 2.24) is 9.97 Å². The van der Waals surface area contributed by atoms with E-state index in [-0.39, 0.29) is 15.2 Å². The normalized spacial score (nSPS) is 11.9. The molecule has 0 fully saturated rings. The van der Waals surface area contributed by atoms with Crippen LogP contribution in [0.2, 0.25) is 10.3 Å². The van der Waals surface area contributed by atoms with Gasteiger partial charge in [0.05, 0.1) is 15.9 Å². The van der Waals surface area contributed by atoms with Gasteiger partial charge in [0.25, 0.3) is 0 Å². The average molecular weight is 277 g/mol. The van der Waals surface area contributed by atoms with E-state index < -0.39 is 9.84 Å². The van der Waals surface area contributed by atoms with Gasteiger partial charge >= 0.3 is 0 Å².